The number of hydrogen-bond acceptors (Lipinski definition) is 5. The van der Waals surface area contributed by atoms with E-state index in [1.165, 1.54) is 6.42 Å². The van der Waals surface area contributed by atoms with Crippen LogP contribution in [-0.2, 0) is 16.0 Å². The van der Waals surface area contributed by atoms with Crippen molar-refractivity contribution >= 4 is 23.4 Å². The summed E-state index contributed by atoms with van der Waals surface area (Å²) in [7, 11) is 0. The van der Waals surface area contributed by atoms with Crippen molar-refractivity contribution in [2.24, 2.45) is 5.92 Å². The van der Waals surface area contributed by atoms with Gasteiger partial charge in [-0.25, -0.2) is 0 Å². The van der Waals surface area contributed by atoms with Crippen LogP contribution in [0.3, 0.4) is 0 Å². The van der Waals surface area contributed by atoms with E-state index in [1.807, 2.05) is 12.1 Å². The summed E-state index contributed by atoms with van der Waals surface area (Å²) in [6.45, 7) is 0.764. The lowest BCUT2D eigenvalue weighted by atomic mass is 9.89. The molecule has 1 aliphatic carbocycles. The van der Waals surface area contributed by atoms with Gasteiger partial charge >= 0.3 is 0 Å². The van der Waals surface area contributed by atoms with Crippen molar-refractivity contribution in [1.29, 1.82) is 0 Å². The summed E-state index contributed by atoms with van der Waals surface area (Å²) >= 11 is 5.87. The van der Waals surface area contributed by atoms with Crippen molar-refractivity contribution < 1.29 is 14.1 Å². The molecule has 0 saturated heterocycles. The van der Waals surface area contributed by atoms with Crippen molar-refractivity contribution in [3.63, 3.8) is 0 Å². The number of rotatable bonds is 8. The summed E-state index contributed by atoms with van der Waals surface area (Å²) in [4.78, 5) is 28.3. The lowest BCUT2D eigenvalue weighted by Gasteiger charge is -2.20. The van der Waals surface area contributed by atoms with Gasteiger partial charge in [0.2, 0.25) is 23.5 Å². The number of nitrogens with zero attached hydrogens (tertiary/aromatic N) is 2. The zero-order valence-electron chi connectivity index (χ0n) is 15.7. The minimum Gasteiger partial charge on any atom is -0.356 e. The minimum atomic E-state index is -0.110. The van der Waals surface area contributed by atoms with Crippen LogP contribution < -0.4 is 10.6 Å². The minimum absolute atomic E-state index is 0.0769. The van der Waals surface area contributed by atoms with Gasteiger partial charge in [0.15, 0.2) is 0 Å². The number of benzene rings is 1. The summed E-state index contributed by atoms with van der Waals surface area (Å²) in [5.74, 6) is 1.03. The van der Waals surface area contributed by atoms with Crippen LogP contribution in [0.1, 0.15) is 44.4 Å². The molecule has 0 atom stereocenters. The Hall–Kier alpha value is -2.41. The third-order valence-corrected chi connectivity index (χ3v) is 5.11. The molecule has 7 nitrogen and oxygen atoms in total. The number of carbonyl (C=O) groups is 2. The Bertz CT molecular complexity index is 785. The Kier molecular flexibility index (Phi) is 7.42. The lowest BCUT2D eigenvalue weighted by molar-refractivity contribution is -0.126. The molecular formula is C20H25ClN4O3. The Balaban J connectivity index is 1.33. The number of hydrogen-bond donors (Lipinski definition) is 2. The molecule has 28 heavy (non-hydrogen) atoms. The van der Waals surface area contributed by atoms with E-state index in [0.29, 0.717) is 36.2 Å². The molecule has 1 aliphatic rings. The molecule has 3 rings (SSSR count). The first-order valence-electron chi connectivity index (χ1n) is 9.75. The van der Waals surface area contributed by atoms with Crippen molar-refractivity contribution in [1.82, 2.24) is 20.8 Å². The average molecular weight is 405 g/mol. The van der Waals surface area contributed by atoms with Crippen molar-refractivity contribution in [3.8, 4) is 11.4 Å². The van der Waals surface area contributed by atoms with E-state index >= 15 is 0 Å². The summed E-state index contributed by atoms with van der Waals surface area (Å²) in [5.41, 5.74) is 0.817. The largest absolute Gasteiger partial charge is 0.356 e. The molecule has 0 spiro atoms. The number of nitrogens with one attached hydrogen (secondary N) is 2. The molecule has 1 saturated carbocycles. The maximum atomic E-state index is 12.0. The van der Waals surface area contributed by atoms with Gasteiger partial charge in [0.1, 0.15) is 0 Å². The fourth-order valence-corrected chi connectivity index (χ4v) is 3.40. The van der Waals surface area contributed by atoms with E-state index < -0.39 is 0 Å². The quantitative estimate of drug-likeness (QED) is 0.704. The molecule has 2 N–H and O–H groups in total. The van der Waals surface area contributed by atoms with Gasteiger partial charge in [-0.3, -0.25) is 9.59 Å². The third-order valence-electron chi connectivity index (χ3n) is 4.86. The normalized spacial score (nSPS) is 14.6. The second-order valence-corrected chi connectivity index (χ2v) is 7.43. The Morgan fingerprint density at radius 2 is 1.82 bits per heavy atom. The molecule has 1 aromatic carbocycles. The van der Waals surface area contributed by atoms with Crippen LogP contribution in [0.5, 0.6) is 0 Å². The van der Waals surface area contributed by atoms with Gasteiger partial charge in [-0.2, -0.15) is 4.98 Å². The summed E-state index contributed by atoms with van der Waals surface area (Å²) < 4.78 is 5.21. The zero-order chi connectivity index (χ0) is 19.8. The Labute approximate surface area is 169 Å². The molecule has 150 valence electrons. The van der Waals surface area contributed by atoms with Gasteiger partial charge in [-0.05, 0) is 37.1 Å². The topological polar surface area (TPSA) is 97.1 Å². The molecule has 0 bridgehead atoms. The SMILES string of the molecule is O=C(CCNC(=O)C1CCCCC1)NCCc1nc(-c2ccc(Cl)cc2)no1. The summed E-state index contributed by atoms with van der Waals surface area (Å²) in [6.07, 6.45) is 6.08. The molecule has 0 radical (unpaired) electrons. The predicted molar refractivity (Wildman–Crippen MR) is 106 cm³/mol. The molecule has 1 heterocycles. The standard InChI is InChI=1S/C20H25ClN4O3/c21-16-8-6-14(7-9-16)19-24-18(28-25-19)11-13-22-17(26)10-12-23-20(27)15-4-2-1-3-5-15/h6-9,15H,1-5,10-13H2,(H,22,26)(H,23,27). The monoisotopic (exact) mass is 404 g/mol. The highest BCUT2D eigenvalue weighted by Gasteiger charge is 2.20. The summed E-state index contributed by atoms with van der Waals surface area (Å²) in [5, 5.41) is 10.3. The Morgan fingerprint density at radius 3 is 2.57 bits per heavy atom. The van der Waals surface area contributed by atoms with E-state index in [9.17, 15) is 9.59 Å². The second kappa shape index (κ2) is 10.2. The first-order valence-corrected chi connectivity index (χ1v) is 10.1. The highest BCUT2D eigenvalue weighted by molar-refractivity contribution is 6.30. The maximum absolute atomic E-state index is 12.0. The molecule has 0 aliphatic heterocycles. The average Bonchev–Trinajstić information content (AvgIpc) is 3.18. The first kappa shape index (κ1) is 20.3. The van der Waals surface area contributed by atoms with E-state index in [4.69, 9.17) is 16.1 Å². The maximum Gasteiger partial charge on any atom is 0.228 e. The Morgan fingerprint density at radius 1 is 1.07 bits per heavy atom. The number of carbonyl (C=O) groups excluding carboxylic acids is 2. The van der Waals surface area contributed by atoms with Crippen LogP contribution in [0.2, 0.25) is 5.02 Å². The lowest BCUT2D eigenvalue weighted by Crippen LogP contribution is -2.35. The predicted octanol–water partition coefficient (Wildman–Crippen LogP) is 3.14. The van der Waals surface area contributed by atoms with Crippen LogP contribution >= 0.6 is 11.6 Å². The first-order chi connectivity index (χ1) is 13.6. The van der Waals surface area contributed by atoms with Crippen molar-refractivity contribution in [2.75, 3.05) is 13.1 Å². The molecule has 0 unspecified atom stereocenters. The highest BCUT2D eigenvalue weighted by Crippen LogP contribution is 2.23. The van der Waals surface area contributed by atoms with Gasteiger partial charge in [0.25, 0.3) is 0 Å². The van der Waals surface area contributed by atoms with Crippen molar-refractivity contribution in [3.05, 3.63) is 35.2 Å². The smallest absolute Gasteiger partial charge is 0.228 e. The van der Waals surface area contributed by atoms with Crippen LogP contribution in [0.15, 0.2) is 28.8 Å². The van der Waals surface area contributed by atoms with Gasteiger partial charge in [0, 0.05) is 42.4 Å². The molecular weight excluding hydrogens is 380 g/mol. The highest BCUT2D eigenvalue weighted by atomic mass is 35.5. The van der Waals surface area contributed by atoms with Crippen LogP contribution in [0, 0.1) is 5.92 Å². The second-order valence-electron chi connectivity index (χ2n) is 6.99. The van der Waals surface area contributed by atoms with Crippen LogP contribution in [-0.4, -0.2) is 35.0 Å². The van der Waals surface area contributed by atoms with Gasteiger partial charge in [0.05, 0.1) is 0 Å². The summed E-state index contributed by atoms with van der Waals surface area (Å²) in [6, 6.07) is 7.17. The molecule has 1 fully saturated rings. The van der Waals surface area contributed by atoms with E-state index in [2.05, 4.69) is 20.8 Å². The molecule has 2 aromatic rings. The van der Waals surface area contributed by atoms with Crippen LogP contribution in [0.4, 0.5) is 0 Å². The van der Waals surface area contributed by atoms with Gasteiger partial charge in [-0.15, -0.1) is 0 Å². The number of halogens is 1. The molecule has 2 amide bonds. The van der Waals surface area contributed by atoms with E-state index in [-0.39, 0.29) is 24.2 Å². The zero-order valence-corrected chi connectivity index (χ0v) is 16.5. The number of aromatic nitrogens is 2. The number of amides is 2. The fraction of sp³-hybridized carbons (Fsp3) is 0.500. The van der Waals surface area contributed by atoms with Crippen LogP contribution in [0.25, 0.3) is 11.4 Å². The molecule has 1 aromatic heterocycles. The third kappa shape index (κ3) is 6.05. The molecule has 8 heteroatoms. The fourth-order valence-electron chi connectivity index (χ4n) is 3.28. The van der Waals surface area contributed by atoms with E-state index in [0.717, 1.165) is 31.2 Å². The van der Waals surface area contributed by atoms with E-state index in [1.54, 1.807) is 12.1 Å². The van der Waals surface area contributed by atoms with Crippen molar-refractivity contribution in [2.45, 2.75) is 44.9 Å². The van der Waals surface area contributed by atoms with Gasteiger partial charge in [-0.1, -0.05) is 36.0 Å². The van der Waals surface area contributed by atoms with Gasteiger partial charge < -0.3 is 15.2 Å².